The van der Waals surface area contributed by atoms with Crippen molar-refractivity contribution < 1.29 is 28.7 Å². The highest BCUT2D eigenvalue weighted by Gasteiger charge is 2.42. The van der Waals surface area contributed by atoms with Gasteiger partial charge in [-0.05, 0) is 12.8 Å². The molecule has 2 aliphatic heterocycles. The van der Waals surface area contributed by atoms with Crippen molar-refractivity contribution in [3.63, 3.8) is 0 Å². The molecule has 0 radical (unpaired) electrons. The minimum atomic E-state index is -0.617. The lowest BCUT2D eigenvalue weighted by molar-refractivity contribution is -0.139. The number of rotatable bonds is 13. The molecule has 2 heterocycles. The average molecular weight is 443 g/mol. The molecule has 0 spiro atoms. The highest BCUT2D eigenvalue weighted by atomic mass is 32.2. The first-order chi connectivity index (χ1) is 14.5. The molecule has 0 aromatic carbocycles. The van der Waals surface area contributed by atoms with Gasteiger partial charge in [0.2, 0.25) is 11.8 Å². The van der Waals surface area contributed by atoms with Crippen molar-refractivity contribution in [2.45, 2.75) is 43.0 Å². The summed E-state index contributed by atoms with van der Waals surface area (Å²) < 4.78 is 9.53. The molecule has 2 saturated heterocycles. The van der Waals surface area contributed by atoms with Gasteiger partial charge in [0.25, 0.3) is 0 Å². The van der Waals surface area contributed by atoms with E-state index in [1.54, 1.807) is 0 Å². The third kappa shape index (κ3) is 8.62. The van der Waals surface area contributed by atoms with E-state index in [2.05, 4.69) is 21.3 Å². The number of urea groups is 1. The first-order valence-corrected chi connectivity index (χ1v) is 11.1. The van der Waals surface area contributed by atoms with Crippen LogP contribution in [0.2, 0.25) is 0 Å². The van der Waals surface area contributed by atoms with Crippen LogP contribution in [0.1, 0.15) is 25.7 Å². The van der Waals surface area contributed by atoms with Crippen LogP contribution in [-0.2, 0) is 23.9 Å². The highest BCUT2D eigenvalue weighted by molar-refractivity contribution is 8.00. The van der Waals surface area contributed by atoms with Gasteiger partial charge in [0.1, 0.15) is 6.61 Å². The van der Waals surface area contributed by atoms with Crippen LogP contribution >= 0.6 is 11.8 Å². The van der Waals surface area contributed by atoms with Crippen molar-refractivity contribution >= 4 is 35.6 Å². The van der Waals surface area contributed by atoms with Crippen LogP contribution in [0.25, 0.3) is 0 Å². The molecule has 0 aromatic rings. The monoisotopic (exact) mass is 442 g/mol. The number of carbonyl (C=O) groups excluding carboxylic acids is 4. The molecule has 2 aliphatic rings. The van der Waals surface area contributed by atoms with Gasteiger partial charge >= 0.3 is 12.0 Å². The normalized spacial score (nSPS) is 22.3. The number of nitrogens with one attached hydrogen (secondary N) is 4. The van der Waals surface area contributed by atoms with E-state index in [1.807, 2.05) is 11.8 Å². The fourth-order valence-electron chi connectivity index (χ4n) is 3.23. The van der Waals surface area contributed by atoms with Gasteiger partial charge in [-0.3, -0.25) is 9.59 Å². The SMILES string of the molecule is COCCOC(=O)/C=C/C(=O)NCCNC(=O)CCCC[C@@H]1SC[C@@H]2NC(=O)N[C@@H]21. The number of hydrogen-bond donors (Lipinski definition) is 4. The fourth-order valence-corrected chi connectivity index (χ4v) is 4.77. The summed E-state index contributed by atoms with van der Waals surface area (Å²) in [6.07, 6.45) is 5.23. The molecule has 2 fully saturated rings. The van der Waals surface area contributed by atoms with Gasteiger partial charge in [-0.15, -0.1) is 0 Å². The number of esters is 1. The molecule has 11 heteroatoms. The van der Waals surface area contributed by atoms with Crippen LogP contribution in [-0.4, -0.2) is 80.3 Å². The fraction of sp³-hybridized carbons (Fsp3) is 0.684. The predicted molar refractivity (Wildman–Crippen MR) is 112 cm³/mol. The molecule has 0 unspecified atom stereocenters. The molecule has 0 saturated carbocycles. The van der Waals surface area contributed by atoms with E-state index in [0.29, 0.717) is 24.8 Å². The number of amides is 4. The first kappa shape index (κ1) is 24.0. The number of fused-ring (bicyclic) bond motifs is 1. The Morgan fingerprint density at radius 3 is 2.73 bits per heavy atom. The van der Waals surface area contributed by atoms with Gasteiger partial charge in [-0.1, -0.05) is 6.42 Å². The summed E-state index contributed by atoms with van der Waals surface area (Å²) in [7, 11) is 1.50. The lowest BCUT2D eigenvalue weighted by Gasteiger charge is -2.16. The zero-order chi connectivity index (χ0) is 21.8. The Morgan fingerprint density at radius 2 is 1.93 bits per heavy atom. The maximum atomic E-state index is 11.9. The second kappa shape index (κ2) is 13.1. The van der Waals surface area contributed by atoms with E-state index < -0.39 is 11.9 Å². The van der Waals surface area contributed by atoms with Crippen molar-refractivity contribution in [3.8, 4) is 0 Å². The summed E-state index contributed by atoms with van der Waals surface area (Å²) in [5.41, 5.74) is 0. The maximum absolute atomic E-state index is 11.9. The Hall–Kier alpha value is -2.27. The second-order valence-corrected chi connectivity index (χ2v) is 8.27. The van der Waals surface area contributed by atoms with Gasteiger partial charge in [0.15, 0.2) is 0 Å². The third-order valence-electron chi connectivity index (χ3n) is 4.73. The molecular weight excluding hydrogens is 412 g/mol. The minimum absolute atomic E-state index is 0.0608. The summed E-state index contributed by atoms with van der Waals surface area (Å²) in [4.78, 5) is 46.1. The van der Waals surface area contributed by atoms with Crippen LogP contribution in [0.15, 0.2) is 12.2 Å². The molecule has 4 amide bonds. The number of methoxy groups -OCH3 is 1. The van der Waals surface area contributed by atoms with E-state index in [9.17, 15) is 19.2 Å². The molecular formula is C19H30N4O6S. The van der Waals surface area contributed by atoms with Gasteiger partial charge in [-0.2, -0.15) is 11.8 Å². The van der Waals surface area contributed by atoms with Crippen LogP contribution < -0.4 is 21.3 Å². The molecule has 0 bridgehead atoms. The third-order valence-corrected chi connectivity index (χ3v) is 6.24. The number of hydrogen-bond acceptors (Lipinski definition) is 7. The first-order valence-electron chi connectivity index (χ1n) is 10.1. The zero-order valence-electron chi connectivity index (χ0n) is 17.1. The Labute approximate surface area is 180 Å². The molecule has 4 N–H and O–H groups in total. The summed E-state index contributed by atoms with van der Waals surface area (Å²) in [5.74, 6) is -0.179. The van der Waals surface area contributed by atoms with Gasteiger partial charge in [-0.25, -0.2) is 9.59 Å². The summed E-state index contributed by atoms with van der Waals surface area (Å²) >= 11 is 1.87. The van der Waals surface area contributed by atoms with Crippen LogP contribution in [0.4, 0.5) is 4.79 Å². The summed E-state index contributed by atoms with van der Waals surface area (Å²) in [6, 6.07) is 0.336. The van der Waals surface area contributed by atoms with Gasteiger partial charge < -0.3 is 30.7 Å². The van der Waals surface area contributed by atoms with Gasteiger partial charge in [0, 0.05) is 49.8 Å². The van der Waals surface area contributed by atoms with Gasteiger partial charge in [0.05, 0.1) is 18.7 Å². The minimum Gasteiger partial charge on any atom is -0.460 e. The smallest absolute Gasteiger partial charge is 0.331 e. The molecule has 30 heavy (non-hydrogen) atoms. The Balaban J connectivity index is 1.46. The Kier molecular flexibility index (Phi) is 10.5. The predicted octanol–water partition coefficient (Wildman–Crippen LogP) is -0.310. The number of carbonyl (C=O) groups is 4. The second-order valence-electron chi connectivity index (χ2n) is 7.00. The van der Waals surface area contributed by atoms with E-state index >= 15 is 0 Å². The molecule has 3 atom stereocenters. The lowest BCUT2D eigenvalue weighted by Crippen LogP contribution is -2.36. The number of unbranched alkanes of at least 4 members (excludes halogenated alkanes) is 1. The molecule has 168 valence electrons. The zero-order valence-corrected chi connectivity index (χ0v) is 17.9. The number of ether oxygens (including phenoxy) is 2. The van der Waals surface area contributed by atoms with Crippen molar-refractivity contribution in [3.05, 3.63) is 12.2 Å². The highest BCUT2D eigenvalue weighted by Crippen LogP contribution is 2.33. The van der Waals surface area contributed by atoms with E-state index in [1.165, 1.54) is 7.11 Å². The maximum Gasteiger partial charge on any atom is 0.331 e. The number of thioether (sulfide) groups is 1. The molecule has 10 nitrogen and oxygen atoms in total. The topological polar surface area (TPSA) is 135 Å². The van der Waals surface area contributed by atoms with E-state index in [0.717, 1.165) is 37.2 Å². The Bertz CT molecular complexity index is 645. The van der Waals surface area contributed by atoms with Crippen molar-refractivity contribution in [2.24, 2.45) is 0 Å². The van der Waals surface area contributed by atoms with Crippen molar-refractivity contribution in [2.75, 3.05) is 39.2 Å². The van der Waals surface area contributed by atoms with Crippen LogP contribution in [0.5, 0.6) is 0 Å². The van der Waals surface area contributed by atoms with E-state index in [4.69, 9.17) is 9.47 Å². The molecule has 0 aromatic heterocycles. The van der Waals surface area contributed by atoms with Crippen molar-refractivity contribution in [1.29, 1.82) is 0 Å². The summed E-state index contributed by atoms with van der Waals surface area (Å²) in [5, 5.41) is 11.6. The average Bonchev–Trinajstić information content (AvgIpc) is 3.26. The van der Waals surface area contributed by atoms with E-state index in [-0.39, 0.29) is 37.2 Å². The molecule has 0 aliphatic carbocycles. The molecule has 2 rings (SSSR count). The largest absolute Gasteiger partial charge is 0.460 e. The summed E-state index contributed by atoms with van der Waals surface area (Å²) in [6.45, 7) is 1.00. The standard InChI is InChI=1S/C19H30N4O6S/c1-28-10-11-29-17(26)7-6-16(25)21-9-8-20-15(24)5-3-2-4-14-18-13(12-30-14)22-19(27)23-18/h6-7,13-14,18H,2-5,8-12H2,1H3,(H,20,24)(H,21,25)(H2,22,23,27)/b7-6+/t13-,14-,18-/m0/s1. The van der Waals surface area contributed by atoms with Crippen LogP contribution in [0.3, 0.4) is 0 Å². The quantitative estimate of drug-likeness (QED) is 0.133. The van der Waals surface area contributed by atoms with Crippen molar-refractivity contribution in [1.82, 2.24) is 21.3 Å². The lowest BCUT2D eigenvalue weighted by atomic mass is 10.0. The Morgan fingerprint density at radius 1 is 1.13 bits per heavy atom. The van der Waals surface area contributed by atoms with Crippen LogP contribution in [0, 0.1) is 0 Å².